The molecule has 0 fully saturated rings. The number of carbonyl (C=O) groups excluding carboxylic acids is 2. The number of hydroxylamine groups is 1. The van der Waals surface area contributed by atoms with E-state index < -0.39 is 31.9 Å². The second-order valence-corrected chi connectivity index (χ2v) is 10.2. The molecule has 2 amide bonds. The number of rotatable bonds is 6. The number of hydrogen-bond acceptors (Lipinski definition) is 6. The fraction of sp³-hybridized carbons (Fsp3) is 0.350. The van der Waals surface area contributed by atoms with E-state index in [2.05, 4.69) is 0 Å². The van der Waals surface area contributed by atoms with Crippen LogP contribution < -0.4 is 11.0 Å². The van der Waals surface area contributed by atoms with E-state index in [1.807, 2.05) is 0 Å². The molecule has 1 aromatic heterocycles. The van der Waals surface area contributed by atoms with Crippen LogP contribution in [-0.4, -0.2) is 53.0 Å². The lowest BCUT2D eigenvalue weighted by Crippen LogP contribution is -2.50. The molecule has 1 aliphatic rings. The summed E-state index contributed by atoms with van der Waals surface area (Å²) in [5.41, 5.74) is 2.47. The first-order valence-corrected chi connectivity index (χ1v) is 11.2. The normalized spacial score (nSPS) is 15.5. The molecule has 2 aromatic rings. The van der Waals surface area contributed by atoms with Crippen LogP contribution in [0.4, 0.5) is 4.39 Å². The van der Waals surface area contributed by atoms with Gasteiger partial charge in [-0.05, 0) is 36.6 Å². The summed E-state index contributed by atoms with van der Waals surface area (Å²) in [6.45, 7) is 1.24. The molecule has 31 heavy (non-hydrogen) atoms. The van der Waals surface area contributed by atoms with Crippen molar-refractivity contribution < 1.29 is 27.6 Å². The van der Waals surface area contributed by atoms with Gasteiger partial charge in [0.1, 0.15) is 5.82 Å². The highest BCUT2D eigenvalue weighted by atomic mass is 32.2. The first-order chi connectivity index (χ1) is 14.4. The Hall–Kier alpha value is -3.05. The van der Waals surface area contributed by atoms with Gasteiger partial charge in [-0.2, -0.15) is 0 Å². The smallest absolute Gasteiger partial charge is 0.264 e. The van der Waals surface area contributed by atoms with Gasteiger partial charge in [0.2, 0.25) is 0 Å². The first kappa shape index (κ1) is 22.6. The van der Waals surface area contributed by atoms with Crippen LogP contribution in [0.3, 0.4) is 0 Å². The zero-order chi connectivity index (χ0) is 23.1. The molecule has 1 aliphatic heterocycles. The number of fused-ring (bicyclic) bond motifs is 1. The predicted octanol–water partition coefficient (Wildman–Crippen LogP) is 0.939. The Labute approximate surface area is 178 Å². The van der Waals surface area contributed by atoms with E-state index in [1.165, 1.54) is 10.4 Å². The van der Waals surface area contributed by atoms with Crippen molar-refractivity contribution >= 4 is 21.7 Å². The maximum absolute atomic E-state index is 14.8. The number of sulfone groups is 1. The Morgan fingerprint density at radius 1 is 1.26 bits per heavy atom. The monoisotopic (exact) mass is 451 g/mol. The highest BCUT2D eigenvalue weighted by Gasteiger charge is 2.43. The zero-order valence-corrected chi connectivity index (χ0v) is 18.0. The number of aryl methyl sites for hydroxylation is 1. The topological polar surface area (TPSA) is 126 Å². The van der Waals surface area contributed by atoms with Gasteiger partial charge in [-0.1, -0.05) is 6.07 Å². The third-order valence-electron chi connectivity index (χ3n) is 5.71. The van der Waals surface area contributed by atoms with Gasteiger partial charge in [-0.3, -0.25) is 19.6 Å². The number of nitrogens with zero attached hydrogens (tertiary/aromatic N) is 2. The molecule has 9 nitrogen and oxygen atoms in total. The van der Waals surface area contributed by atoms with Crippen molar-refractivity contribution in [3.63, 3.8) is 0 Å². The molecule has 166 valence electrons. The Balaban J connectivity index is 1.92. The minimum Gasteiger partial charge on any atom is -0.337 e. The molecule has 2 N–H and O–H groups in total. The molecule has 0 bridgehead atoms. The Morgan fingerprint density at radius 2 is 1.94 bits per heavy atom. The minimum atomic E-state index is -3.95. The highest BCUT2D eigenvalue weighted by molar-refractivity contribution is 7.92. The van der Waals surface area contributed by atoms with E-state index >= 15 is 0 Å². The molecule has 0 radical (unpaired) electrons. The number of nitrogens with one attached hydrogen (secondary N) is 1. The van der Waals surface area contributed by atoms with E-state index in [1.54, 1.807) is 25.2 Å². The molecule has 0 saturated heterocycles. The van der Waals surface area contributed by atoms with Gasteiger partial charge in [0.25, 0.3) is 17.4 Å². The second-order valence-electron chi connectivity index (χ2n) is 7.79. The molecule has 1 aromatic carbocycles. The maximum Gasteiger partial charge on any atom is 0.264 e. The van der Waals surface area contributed by atoms with Crippen molar-refractivity contribution in [1.82, 2.24) is 14.9 Å². The lowest BCUT2D eigenvalue weighted by atomic mass is 10.0. The van der Waals surface area contributed by atoms with E-state index in [0.29, 0.717) is 17.7 Å². The lowest BCUT2D eigenvalue weighted by Gasteiger charge is -2.25. The van der Waals surface area contributed by atoms with Gasteiger partial charge >= 0.3 is 0 Å². The van der Waals surface area contributed by atoms with Crippen LogP contribution in [0.2, 0.25) is 0 Å². The van der Waals surface area contributed by atoms with Gasteiger partial charge in [-0.15, -0.1) is 0 Å². The van der Waals surface area contributed by atoms with Crippen LogP contribution >= 0.6 is 0 Å². The predicted molar refractivity (Wildman–Crippen MR) is 110 cm³/mol. The molecule has 0 saturated carbocycles. The van der Waals surface area contributed by atoms with E-state index in [4.69, 9.17) is 5.21 Å². The highest BCUT2D eigenvalue weighted by Crippen LogP contribution is 2.29. The van der Waals surface area contributed by atoms with Crippen LogP contribution in [0.25, 0.3) is 11.1 Å². The Morgan fingerprint density at radius 3 is 2.55 bits per heavy atom. The number of hydrogen-bond donors (Lipinski definition) is 2. The fourth-order valence-corrected chi connectivity index (χ4v) is 4.34. The average Bonchev–Trinajstić information content (AvgIpc) is 2.99. The SMILES string of the molecule is CN1Cc2cc(-c3cc(=O)n(CCC(C)(C(=O)NO)S(C)(=O)=O)cc3F)ccc2C1=O. The quantitative estimate of drug-likeness (QED) is 0.497. The number of amides is 2. The third kappa shape index (κ3) is 3.98. The van der Waals surface area contributed by atoms with E-state index in [0.717, 1.165) is 35.6 Å². The molecule has 2 heterocycles. The second kappa shape index (κ2) is 7.89. The van der Waals surface area contributed by atoms with Gasteiger partial charge in [0.05, 0.1) is 0 Å². The summed E-state index contributed by atoms with van der Waals surface area (Å²) in [4.78, 5) is 38.0. The van der Waals surface area contributed by atoms with Crippen molar-refractivity contribution in [1.29, 1.82) is 0 Å². The van der Waals surface area contributed by atoms with Gasteiger partial charge in [0.15, 0.2) is 14.6 Å². The van der Waals surface area contributed by atoms with Crippen molar-refractivity contribution in [2.24, 2.45) is 0 Å². The largest absolute Gasteiger partial charge is 0.337 e. The average molecular weight is 451 g/mol. The first-order valence-electron chi connectivity index (χ1n) is 9.32. The third-order valence-corrected chi connectivity index (χ3v) is 7.73. The Kier molecular flexibility index (Phi) is 5.76. The van der Waals surface area contributed by atoms with Crippen molar-refractivity contribution in [2.45, 2.75) is 31.2 Å². The van der Waals surface area contributed by atoms with Gasteiger partial charge in [0, 0.05) is 49.8 Å². The van der Waals surface area contributed by atoms with Crippen LogP contribution in [0.5, 0.6) is 0 Å². The lowest BCUT2D eigenvalue weighted by molar-refractivity contribution is -0.131. The molecule has 1 atom stereocenters. The molecule has 0 spiro atoms. The van der Waals surface area contributed by atoms with E-state index in [-0.39, 0.29) is 24.4 Å². The molecule has 1 unspecified atom stereocenters. The fourth-order valence-electron chi connectivity index (χ4n) is 3.49. The van der Waals surface area contributed by atoms with Crippen LogP contribution in [0.1, 0.15) is 29.3 Å². The van der Waals surface area contributed by atoms with Gasteiger partial charge < -0.3 is 9.47 Å². The number of halogens is 1. The number of carbonyl (C=O) groups is 2. The summed E-state index contributed by atoms with van der Waals surface area (Å²) < 4.78 is 37.9. The molecule has 11 heteroatoms. The van der Waals surface area contributed by atoms with Crippen molar-refractivity contribution in [3.05, 3.63) is 57.8 Å². The summed E-state index contributed by atoms with van der Waals surface area (Å²) >= 11 is 0. The van der Waals surface area contributed by atoms with Crippen LogP contribution in [0.15, 0.2) is 35.3 Å². The molecule has 0 aliphatic carbocycles. The number of benzene rings is 1. The number of pyridine rings is 1. The van der Waals surface area contributed by atoms with Crippen LogP contribution in [-0.2, 0) is 27.7 Å². The maximum atomic E-state index is 14.8. The van der Waals surface area contributed by atoms with Gasteiger partial charge in [-0.25, -0.2) is 18.3 Å². The summed E-state index contributed by atoms with van der Waals surface area (Å²) in [6.07, 6.45) is 1.43. The Bertz CT molecular complexity index is 1240. The van der Waals surface area contributed by atoms with Crippen LogP contribution in [0, 0.1) is 5.82 Å². The minimum absolute atomic E-state index is 0.0463. The van der Waals surface area contributed by atoms with Crippen molar-refractivity contribution in [2.75, 3.05) is 13.3 Å². The molecule has 3 rings (SSSR count). The summed E-state index contributed by atoms with van der Waals surface area (Å²) in [5.74, 6) is -1.99. The summed E-state index contributed by atoms with van der Waals surface area (Å²) in [5, 5.41) is 8.87. The molecular weight excluding hydrogens is 429 g/mol. The number of aromatic nitrogens is 1. The zero-order valence-electron chi connectivity index (χ0n) is 17.2. The summed E-state index contributed by atoms with van der Waals surface area (Å²) in [6, 6.07) is 5.89. The standard InChI is InChI=1S/C20H22FN3O6S/c1-20(19(27)22-28,31(3,29)30)6-7-24-11-16(21)15(9-17(24)25)12-4-5-14-13(8-12)10-23(2)18(14)26/h4-5,8-9,11,28H,6-7,10H2,1-3H3,(H,22,27). The summed E-state index contributed by atoms with van der Waals surface area (Å²) in [7, 11) is -2.29. The van der Waals surface area contributed by atoms with E-state index in [9.17, 15) is 27.2 Å². The molecular formula is C20H22FN3O6S. The van der Waals surface area contributed by atoms with Crippen molar-refractivity contribution in [3.8, 4) is 11.1 Å².